The van der Waals surface area contributed by atoms with Crippen molar-refractivity contribution in [2.24, 2.45) is 0 Å². The van der Waals surface area contributed by atoms with Crippen LogP contribution in [0.5, 0.6) is 0 Å². The molecular formula is C27H23N3O9S. The van der Waals surface area contributed by atoms with Crippen molar-refractivity contribution in [2.45, 2.75) is 24.3 Å². The van der Waals surface area contributed by atoms with Crippen molar-refractivity contribution in [1.82, 2.24) is 3.97 Å². The average Bonchev–Trinajstić information content (AvgIpc) is 3.33. The van der Waals surface area contributed by atoms with Gasteiger partial charge in [-0.25, -0.2) is 17.2 Å². The van der Waals surface area contributed by atoms with Crippen LogP contribution in [0.25, 0.3) is 17.0 Å². The third-order valence-corrected chi connectivity index (χ3v) is 7.72. The first-order chi connectivity index (χ1) is 19.1. The maximum atomic E-state index is 13.4. The smallest absolute Gasteiger partial charge is 0.331 e. The number of aliphatic hydroxyl groups is 1. The number of carbonyl (C=O) groups is 1. The summed E-state index contributed by atoms with van der Waals surface area (Å²) in [6.07, 6.45) is 5.33. The quantitative estimate of drug-likeness (QED) is 0.120. The zero-order valence-corrected chi connectivity index (χ0v) is 21.7. The Morgan fingerprint density at radius 3 is 2.23 bits per heavy atom. The van der Waals surface area contributed by atoms with Crippen LogP contribution in [0.4, 0.5) is 11.4 Å². The third kappa shape index (κ3) is 6.22. The van der Waals surface area contributed by atoms with Crippen LogP contribution in [-0.2, 0) is 32.6 Å². The number of aromatic nitrogens is 1. The van der Waals surface area contributed by atoms with Crippen molar-refractivity contribution in [3.05, 3.63) is 116 Å². The summed E-state index contributed by atoms with van der Waals surface area (Å²) >= 11 is 0. The molecule has 1 N–H and O–H groups in total. The van der Waals surface area contributed by atoms with Crippen molar-refractivity contribution in [3.8, 4) is 0 Å². The lowest BCUT2D eigenvalue weighted by molar-refractivity contribution is -0.385. The zero-order chi connectivity index (χ0) is 28.9. The molecule has 0 aliphatic rings. The van der Waals surface area contributed by atoms with E-state index in [1.807, 2.05) is 24.3 Å². The normalized spacial score (nSPS) is 11.6. The number of benzene rings is 3. The fourth-order valence-electron chi connectivity index (χ4n) is 3.97. The number of fused-ring (bicyclic) bond motifs is 1. The van der Waals surface area contributed by atoms with Crippen LogP contribution < -0.4 is 0 Å². The van der Waals surface area contributed by atoms with E-state index in [4.69, 9.17) is 9.84 Å². The fourth-order valence-corrected chi connectivity index (χ4v) is 5.37. The number of rotatable bonds is 11. The van der Waals surface area contributed by atoms with E-state index in [1.165, 1.54) is 24.4 Å². The molecule has 0 amide bonds. The van der Waals surface area contributed by atoms with E-state index in [0.717, 1.165) is 51.9 Å². The van der Waals surface area contributed by atoms with Gasteiger partial charge in [0.25, 0.3) is 21.4 Å². The highest BCUT2D eigenvalue weighted by atomic mass is 32.2. The van der Waals surface area contributed by atoms with E-state index < -0.39 is 25.8 Å². The molecule has 0 bridgehead atoms. The van der Waals surface area contributed by atoms with Gasteiger partial charge in [0.1, 0.15) is 6.61 Å². The second kappa shape index (κ2) is 11.9. The molecule has 0 saturated heterocycles. The van der Waals surface area contributed by atoms with Gasteiger partial charge in [0.2, 0.25) is 0 Å². The number of hydrogen-bond acceptors (Lipinski definition) is 9. The lowest BCUT2D eigenvalue weighted by Gasteiger charge is -2.07. The molecule has 206 valence electrons. The molecule has 0 spiro atoms. The van der Waals surface area contributed by atoms with E-state index in [-0.39, 0.29) is 46.0 Å². The van der Waals surface area contributed by atoms with Gasteiger partial charge in [-0.15, -0.1) is 0 Å². The number of aryl methyl sites for hydroxylation is 1. The molecule has 40 heavy (non-hydrogen) atoms. The second-order valence-electron chi connectivity index (χ2n) is 8.67. The summed E-state index contributed by atoms with van der Waals surface area (Å²) in [6, 6.07) is 15.3. The Hall–Kier alpha value is -4.88. The SMILES string of the molecule is O=C(/C=C/c1ccc(CCCO)cc1)OCc1cn(S(=O)(=O)c2ccc([N+](=O)[O-])cc2)c2ccc([N+](=O)[O-])cc12. The van der Waals surface area contributed by atoms with E-state index >= 15 is 0 Å². The molecule has 0 radical (unpaired) electrons. The van der Waals surface area contributed by atoms with Crippen LogP contribution in [0.1, 0.15) is 23.1 Å². The van der Waals surface area contributed by atoms with E-state index in [2.05, 4.69) is 0 Å². The van der Waals surface area contributed by atoms with Crippen molar-refractivity contribution >= 4 is 44.3 Å². The molecule has 1 heterocycles. The Morgan fingerprint density at radius 2 is 1.60 bits per heavy atom. The first-order valence-corrected chi connectivity index (χ1v) is 13.4. The lowest BCUT2D eigenvalue weighted by atomic mass is 10.1. The summed E-state index contributed by atoms with van der Waals surface area (Å²) in [5, 5.41) is 31.4. The van der Waals surface area contributed by atoms with E-state index in [9.17, 15) is 33.4 Å². The average molecular weight is 566 g/mol. The van der Waals surface area contributed by atoms with Crippen LogP contribution in [0.3, 0.4) is 0 Å². The van der Waals surface area contributed by atoms with Crippen molar-refractivity contribution in [3.63, 3.8) is 0 Å². The number of ether oxygens (including phenoxy) is 1. The summed E-state index contributed by atoms with van der Waals surface area (Å²) in [4.78, 5) is 33.2. The number of aliphatic hydroxyl groups excluding tert-OH is 1. The summed E-state index contributed by atoms with van der Waals surface area (Å²) < 4.78 is 32.9. The maximum Gasteiger partial charge on any atom is 0.331 e. The highest BCUT2D eigenvalue weighted by molar-refractivity contribution is 7.90. The summed E-state index contributed by atoms with van der Waals surface area (Å²) in [6.45, 7) is -0.272. The third-order valence-electron chi connectivity index (χ3n) is 6.04. The molecular weight excluding hydrogens is 542 g/mol. The number of esters is 1. The molecule has 1 aromatic heterocycles. The number of carbonyl (C=O) groups excluding carboxylic acids is 1. The van der Waals surface area contributed by atoms with Gasteiger partial charge < -0.3 is 9.84 Å². The Kier molecular flexibility index (Phi) is 8.36. The summed E-state index contributed by atoms with van der Waals surface area (Å²) in [5.74, 6) is -0.714. The summed E-state index contributed by atoms with van der Waals surface area (Å²) in [5.41, 5.74) is 1.53. The van der Waals surface area contributed by atoms with Crippen LogP contribution >= 0.6 is 0 Å². The number of nitrogens with zero attached hydrogens (tertiary/aromatic N) is 3. The lowest BCUT2D eigenvalue weighted by Crippen LogP contribution is -2.12. The predicted molar refractivity (Wildman–Crippen MR) is 145 cm³/mol. The van der Waals surface area contributed by atoms with Crippen molar-refractivity contribution in [1.29, 1.82) is 0 Å². The first kappa shape index (κ1) is 28.1. The second-order valence-corrected chi connectivity index (χ2v) is 10.5. The molecule has 0 saturated carbocycles. The van der Waals surface area contributed by atoms with Crippen molar-refractivity contribution in [2.75, 3.05) is 6.61 Å². The minimum Gasteiger partial charge on any atom is -0.458 e. The van der Waals surface area contributed by atoms with Crippen LogP contribution in [0.2, 0.25) is 0 Å². The Labute approximate surface area is 228 Å². The highest BCUT2D eigenvalue weighted by Gasteiger charge is 2.24. The number of nitro benzene ring substituents is 2. The van der Waals surface area contributed by atoms with Gasteiger partial charge in [-0.3, -0.25) is 20.2 Å². The minimum absolute atomic E-state index is 0.0997. The van der Waals surface area contributed by atoms with Gasteiger partial charge in [0.15, 0.2) is 0 Å². The number of nitro groups is 2. The van der Waals surface area contributed by atoms with E-state index in [1.54, 1.807) is 6.08 Å². The van der Waals surface area contributed by atoms with Crippen LogP contribution in [-0.4, -0.2) is 39.9 Å². The van der Waals surface area contributed by atoms with Gasteiger partial charge in [-0.05, 0) is 48.2 Å². The molecule has 12 nitrogen and oxygen atoms in total. The molecule has 0 atom stereocenters. The zero-order valence-electron chi connectivity index (χ0n) is 20.9. The molecule has 4 aromatic rings. The molecule has 4 rings (SSSR count). The van der Waals surface area contributed by atoms with Gasteiger partial charge in [-0.2, -0.15) is 0 Å². The minimum atomic E-state index is -4.26. The number of non-ortho nitro benzene ring substituents is 2. The van der Waals surface area contributed by atoms with Gasteiger partial charge in [0, 0.05) is 54.1 Å². The largest absolute Gasteiger partial charge is 0.458 e. The molecule has 0 fully saturated rings. The highest BCUT2D eigenvalue weighted by Crippen LogP contribution is 2.30. The van der Waals surface area contributed by atoms with Gasteiger partial charge >= 0.3 is 5.97 Å². The molecule has 0 aliphatic carbocycles. The monoisotopic (exact) mass is 565 g/mol. The Bertz CT molecular complexity index is 1710. The molecule has 3 aromatic carbocycles. The maximum absolute atomic E-state index is 13.4. The van der Waals surface area contributed by atoms with Gasteiger partial charge in [0.05, 0.1) is 20.3 Å². The molecule has 0 unspecified atom stereocenters. The molecule has 13 heteroatoms. The molecule has 0 aliphatic heterocycles. The Morgan fingerprint density at radius 1 is 0.950 bits per heavy atom. The fraction of sp³-hybridized carbons (Fsp3) is 0.148. The van der Waals surface area contributed by atoms with Crippen LogP contribution in [0, 0.1) is 20.2 Å². The Balaban J connectivity index is 1.59. The van der Waals surface area contributed by atoms with E-state index in [0.29, 0.717) is 6.42 Å². The summed E-state index contributed by atoms with van der Waals surface area (Å²) in [7, 11) is -4.26. The van der Waals surface area contributed by atoms with Gasteiger partial charge in [-0.1, -0.05) is 24.3 Å². The van der Waals surface area contributed by atoms with Crippen molar-refractivity contribution < 1.29 is 32.9 Å². The number of hydrogen-bond donors (Lipinski definition) is 1. The predicted octanol–water partition coefficient (Wildman–Crippen LogP) is 4.38. The van der Waals surface area contributed by atoms with Crippen LogP contribution in [0.15, 0.2) is 83.9 Å². The standard InChI is InChI=1S/C27H23N3O9S/c31-15-1-2-19-3-5-20(6-4-19)7-14-27(32)39-18-21-17-28(26-13-10-23(30(35)36)16-25(21)26)40(37,38)24-11-8-22(9-12-24)29(33)34/h3-14,16-17,31H,1-2,15,18H2/b14-7+. The topological polar surface area (TPSA) is 172 Å². The first-order valence-electron chi connectivity index (χ1n) is 11.9.